The van der Waals surface area contributed by atoms with Crippen LogP contribution in [0.25, 0.3) is 0 Å². The minimum atomic E-state index is 0.187. The second-order valence-corrected chi connectivity index (χ2v) is 2.35. The predicted octanol–water partition coefficient (Wildman–Crippen LogP) is 1.51. The van der Waals surface area contributed by atoms with Crippen molar-refractivity contribution in [3.05, 3.63) is 24.3 Å². The minimum absolute atomic E-state index is 0.187. The molecule has 2 heteroatoms. The molecule has 0 N–H and O–H groups in total. The molecule has 14 heavy (non-hydrogen) atoms. The Bertz CT molecular complexity index is 332. The first-order valence-corrected chi connectivity index (χ1v) is 4.01. The Balaban J connectivity index is 2.71. The zero-order valence-electron chi connectivity index (χ0n) is 7.62. The Kier molecular flexibility index (Phi) is 3.98. The molecule has 0 heterocycles. The zero-order valence-corrected chi connectivity index (χ0v) is 7.62. The van der Waals surface area contributed by atoms with Gasteiger partial charge in [0, 0.05) is 6.07 Å². The Morgan fingerprint density at radius 1 is 1.21 bits per heavy atom. The quantitative estimate of drug-likeness (QED) is 0.662. The highest BCUT2D eigenvalue weighted by Gasteiger charge is 2.02. The Morgan fingerprint density at radius 3 is 2.64 bits per heavy atom. The van der Waals surface area contributed by atoms with E-state index in [-0.39, 0.29) is 13.2 Å². The normalized spacial score (nSPS) is 8.43. The first-order valence-electron chi connectivity index (χ1n) is 4.01. The Morgan fingerprint density at radius 2 is 1.93 bits per heavy atom. The maximum atomic E-state index is 5.22. The SMILES string of the molecule is C#CCOc1[c]cccc1OCC#C. The molecule has 1 radical (unpaired) electrons. The molecule has 0 aliphatic rings. The molecule has 0 fully saturated rings. The maximum Gasteiger partial charge on any atom is 0.170 e. The van der Waals surface area contributed by atoms with Gasteiger partial charge in [0.05, 0.1) is 0 Å². The van der Waals surface area contributed by atoms with E-state index in [4.69, 9.17) is 22.3 Å². The van der Waals surface area contributed by atoms with Gasteiger partial charge < -0.3 is 9.47 Å². The fraction of sp³-hybridized carbons (Fsp3) is 0.167. The molecule has 0 aliphatic carbocycles. The Labute approximate surface area is 83.8 Å². The molecule has 0 spiro atoms. The molecule has 69 valence electrons. The first kappa shape index (κ1) is 10.0. The number of para-hydroxylation sites is 1. The molecule has 0 bridgehead atoms. The van der Waals surface area contributed by atoms with E-state index in [0.717, 1.165) is 0 Å². The Hall–Kier alpha value is -2.06. The molecule has 0 saturated heterocycles. The molecule has 1 aromatic carbocycles. The van der Waals surface area contributed by atoms with Crippen molar-refractivity contribution >= 4 is 0 Å². The fourth-order valence-electron chi connectivity index (χ4n) is 0.866. The molecule has 0 unspecified atom stereocenters. The van der Waals surface area contributed by atoms with Crippen molar-refractivity contribution in [3.8, 4) is 36.2 Å². The predicted molar refractivity (Wildman–Crippen MR) is 53.9 cm³/mol. The van der Waals surface area contributed by atoms with Gasteiger partial charge in [0.15, 0.2) is 11.5 Å². The van der Waals surface area contributed by atoms with Crippen LogP contribution in [0.2, 0.25) is 0 Å². The van der Waals surface area contributed by atoms with Gasteiger partial charge in [0.1, 0.15) is 13.2 Å². The molecular formula is C12H9O2. The van der Waals surface area contributed by atoms with Crippen molar-refractivity contribution in [2.24, 2.45) is 0 Å². The molecule has 0 saturated carbocycles. The summed E-state index contributed by atoms with van der Waals surface area (Å²) < 4.78 is 10.4. The van der Waals surface area contributed by atoms with Gasteiger partial charge in [0.25, 0.3) is 0 Å². The summed E-state index contributed by atoms with van der Waals surface area (Å²) in [6.45, 7) is 0.386. The van der Waals surface area contributed by atoms with Crippen LogP contribution in [0.4, 0.5) is 0 Å². The topological polar surface area (TPSA) is 18.5 Å². The third kappa shape index (κ3) is 2.77. The van der Waals surface area contributed by atoms with Gasteiger partial charge in [-0.05, 0) is 6.07 Å². The summed E-state index contributed by atoms with van der Waals surface area (Å²) in [6, 6.07) is 8.12. The summed E-state index contributed by atoms with van der Waals surface area (Å²) in [5.41, 5.74) is 0. The molecule has 1 rings (SSSR count). The third-order valence-corrected chi connectivity index (χ3v) is 1.39. The van der Waals surface area contributed by atoms with Crippen LogP contribution in [0.3, 0.4) is 0 Å². The van der Waals surface area contributed by atoms with Gasteiger partial charge >= 0.3 is 0 Å². The fourth-order valence-corrected chi connectivity index (χ4v) is 0.866. The molecule has 0 atom stereocenters. The van der Waals surface area contributed by atoms with E-state index in [1.165, 1.54) is 0 Å². The van der Waals surface area contributed by atoms with E-state index < -0.39 is 0 Å². The maximum absolute atomic E-state index is 5.22. The summed E-state index contributed by atoms with van der Waals surface area (Å²) in [5, 5.41) is 0. The monoisotopic (exact) mass is 185 g/mol. The van der Waals surface area contributed by atoms with Crippen LogP contribution in [0.1, 0.15) is 0 Å². The lowest BCUT2D eigenvalue weighted by Crippen LogP contribution is -1.99. The smallest absolute Gasteiger partial charge is 0.170 e. The molecule has 0 amide bonds. The third-order valence-electron chi connectivity index (χ3n) is 1.39. The van der Waals surface area contributed by atoms with Gasteiger partial charge in [-0.15, -0.1) is 12.8 Å². The van der Waals surface area contributed by atoms with Crippen molar-refractivity contribution < 1.29 is 9.47 Å². The van der Waals surface area contributed by atoms with E-state index in [1.807, 2.05) is 0 Å². The highest BCUT2D eigenvalue weighted by molar-refractivity contribution is 5.38. The summed E-state index contributed by atoms with van der Waals surface area (Å²) in [7, 11) is 0. The number of ether oxygens (including phenoxy) is 2. The van der Waals surface area contributed by atoms with Crippen LogP contribution >= 0.6 is 0 Å². The van der Waals surface area contributed by atoms with Gasteiger partial charge in [-0.25, -0.2) is 0 Å². The van der Waals surface area contributed by atoms with Crippen molar-refractivity contribution in [2.45, 2.75) is 0 Å². The number of terminal acetylenes is 2. The van der Waals surface area contributed by atoms with Crippen LogP contribution in [0.15, 0.2) is 18.2 Å². The summed E-state index contributed by atoms with van der Waals surface area (Å²) in [6.07, 6.45) is 10.1. The number of hydrogen-bond acceptors (Lipinski definition) is 2. The molecule has 2 nitrogen and oxygen atoms in total. The lowest BCUT2D eigenvalue weighted by molar-refractivity contribution is 0.314. The average molecular weight is 185 g/mol. The second-order valence-electron chi connectivity index (χ2n) is 2.35. The summed E-state index contributed by atoms with van der Waals surface area (Å²) in [4.78, 5) is 0. The van der Waals surface area contributed by atoms with Crippen LogP contribution < -0.4 is 9.47 Å². The van der Waals surface area contributed by atoms with Gasteiger partial charge in [-0.1, -0.05) is 24.0 Å². The van der Waals surface area contributed by atoms with Crippen LogP contribution in [0.5, 0.6) is 11.5 Å². The van der Waals surface area contributed by atoms with E-state index >= 15 is 0 Å². The number of rotatable bonds is 4. The van der Waals surface area contributed by atoms with Gasteiger partial charge in [-0.2, -0.15) is 0 Å². The van der Waals surface area contributed by atoms with Crippen LogP contribution in [-0.4, -0.2) is 13.2 Å². The van der Waals surface area contributed by atoms with Crippen molar-refractivity contribution in [2.75, 3.05) is 13.2 Å². The van der Waals surface area contributed by atoms with E-state index in [0.29, 0.717) is 11.5 Å². The van der Waals surface area contributed by atoms with Crippen LogP contribution in [0, 0.1) is 30.8 Å². The first-order chi connectivity index (χ1) is 6.88. The lowest BCUT2D eigenvalue weighted by atomic mass is 10.3. The van der Waals surface area contributed by atoms with E-state index in [2.05, 4.69) is 17.9 Å². The largest absolute Gasteiger partial charge is 0.477 e. The zero-order chi connectivity index (χ0) is 10.2. The molecular weight excluding hydrogens is 176 g/mol. The van der Waals surface area contributed by atoms with Crippen molar-refractivity contribution in [3.63, 3.8) is 0 Å². The van der Waals surface area contributed by atoms with Crippen LogP contribution in [-0.2, 0) is 0 Å². The summed E-state index contributed by atoms with van der Waals surface area (Å²) >= 11 is 0. The van der Waals surface area contributed by atoms with Crippen molar-refractivity contribution in [1.82, 2.24) is 0 Å². The number of hydrogen-bond donors (Lipinski definition) is 0. The summed E-state index contributed by atoms with van der Waals surface area (Å²) in [5.74, 6) is 5.77. The standard InChI is InChI=1S/C12H9O2/c1-3-9-13-11-7-5-6-8-12(11)14-10-4-2/h1-2,5-7H,9-10H2. The highest BCUT2D eigenvalue weighted by Crippen LogP contribution is 2.25. The molecule has 0 aromatic heterocycles. The van der Waals surface area contributed by atoms with Gasteiger partial charge in [0.2, 0.25) is 0 Å². The average Bonchev–Trinajstić information content (AvgIpc) is 2.24. The molecule has 0 aliphatic heterocycles. The number of benzene rings is 1. The van der Waals surface area contributed by atoms with Gasteiger partial charge in [-0.3, -0.25) is 0 Å². The second kappa shape index (κ2) is 5.56. The van der Waals surface area contributed by atoms with Crippen molar-refractivity contribution in [1.29, 1.82) is 0 Å². The minimum Gasteiger partial charge on any atom is -0.477 e. The lowest BCUT2D eigenvalue weighted by Gasteiger charge is -2.08. The van der Waals surface area contributed by atoms with E-state index in [1.54, 1.807) is 18.2 Å². The van der Waals surface area contributed by atoms with E-state index in [9.17, 15) is 0 Å². The molecule has 1 aromatic rings. The highest BCUT2D eigenvalue weighted by atomic mass is 16.5.